The van der Waals surface area contributed by atoms with Crippen LogP contribution in [0.25, 0.3) is 0 Å². The third-order valence-electron chi connectivity index (χ3n) is 1.98. The lowest BCUT2D eigenvalue weighted by Crippen LogP contribution is -2.19. The second kappa shape index (κ2) is 5.72. The van der Waals surface area contributed by atoms with Crippen molar-refractivity contribution in [3.05, 3.63) is 0 Å². The molecule has 0 bridgehead atoms. The summed E-state index contributed by atoms with van der Waals surface area (Å²) in [4.78, 5) is 0. The Kier molecular flexibility index (Phi) is 5.70. The molecule has 62 valence electrons. The van der Waals surface area contributed by atoms with Crippen molar-refractivity contribution in [3.8, 4) is 0 Å². The summed E-state index contributed by atoms with van der Waals surface area (Å²) in [6, 6.07) is 0.386. The van der Waals surface area contributed by atoms with Crippen molar-refractivity contribution >= 4 is 0 Å². The summed E-state index contributed by atoms with van der Waals surface area (Å²) >= 11 is 0. The van der Waals surface area contributed by atoms with Crippen molar-refractivity contribution < 1.29 is 0 Å². The van der Waals surface area contributed by atoms with Gasteiger partial charge in [-0.1, -0.05) is 33.1 Å². The van der Waals surface area contributed by atoms with Crippen LogP contribution < -0.4 is 5.73 Å². The summed E-state index contributed by atoms with van der Waals surface area (Å²) in [5.41, 5.74) is 5.70. The molecular weight excluding hydrogens is 122 g/mol. The van der Waals surface area contributed by atoms with E-state index in [1.54, 1.807) is 0 Å². The Labute approximate surface area is 65.0 Å². The molecule has 0 rings (SSSR count). The van der Waals surface area contributed by atoms with Crippen LogP contribution in [0.2, 0.25) is 0 Å². The summed E-state index contributed by atoms with van der Waals surface area (Å²) in [5.74, 6) is 0.866. The number of nitrogens with two attached hydrogens (primary N) is 1. The smallest absolute Gasteiger partial charge is 0.00131 e. The van der Waals surface area contributed by atoms with E-state index in [0.717, 1.165) is 5.92 Å². The zero-order chi connectivity index (χ0) is 7.98. The van der Waals surface area contributed by atoms with Gasteiger partial charge < -0.3 is 5.73 Å². The summed E-state index contributed by atoms with van der Waals surface area (Å²) < 4.78 is 0. The molecule has 0 aromatic rings. The minimum Gasteiger partial charge on any atom is -0.328 e. The van der Waals surface area contributed by atoms with Crippen molar-refractivity contribution in [1.82, 2.24) is 0 Å². The van der Waals surface area contributed by atoms with Gasteiger partial charge in [0, 0.05) is 6.04 Å². The Bertz CT molecular complexity index is 69.1. The van der Waals surface area contributed by atoms with Gasteiger partial charge in [-0.05, 0) is 19.3 Å². The molecule has 0 aliphatic carbocycles. The van der Waals surface area contributed by atoms with Crippen molar-refractivity contribution in [3.63, 3.8) is 0 Å². The van der Waals surface area contributed by atoms with Crippen LogP contribution in [0, 0.1) is 5.92 Å². The van der Waals surface area contributed by atoms with E-state index in [0.29, 0.717) is 6.04 Å². The maximum atomic E-state index is 5.70. The van der Waals surface area contributed by atoms with E-state index >= 15 is 0 Å². The molecule has 1 unspecified atom stereocenters. The Hall–Kier alpha value is -0.0400. The van der Waals surface area contributed by atoms with Crippen LogP contribution in [-0.2, 0) is 0 Å². The van der Waals surface area contributed by atoms with Gasteiger partial charge in [0.15, 0.2) is 0 Å². The molecule has 0 heterocycles. The average molecular weight is 143 g/mol. The Morgan fingerprint density at radius 2 is 1.90 bits per heavy atom. The molecular formula is C9H21N. The van der Waals surface area contributed by atoms with Crippen LogP contribution in [0.3, 0.4) is 0 Å². The quantitative estimate of drug-likeness (QED) is 0.629. The average Bonchev–Trinajstić information content (AvgIpc) is 1.86. The fourth-order valence-electron chi connectivity index (χ4n) is 1.42. The lowest BCUT2D eigenvalue weighted by atomic mass is 9.94. The monoisotopic (exact) mass is 143 g/mol. The molecule has 0 spiro atoms. The molecule has 0 amide bonds. The first-order valence-corrected chi connectivity index (χ1v) is 4.46. The van der Waals surface area contributed by atoms with E-state index in [-0.39, 0.29) is 0 Å². The van der Waals surface area contributed by atoms with Crippen LogP contribution in [0.1, 0.15) is 46.5 Å². The van der Waals surface area contributed by atoms with Gasteiger partial charge >= 0.3 is 0 Å². The second-order valence-electron chi connectivity index (χ2n) is 3.28. The van der Waals surface area contributed by atoms with Gasteiger partial charge in [0.25, 0.3) is 0 Å². The molecule has 0 aromatic heterocycles. The van der Waals surface area contributed by atoms with E-state index in [1.807, 2.05) is 0 Å². The fraction of sp³-hybridized carbons (Fsp3) is 1.00. The molecule has 0 radical (unpaired) electrons. The molecule has 2 atom stereocenters. The summed E-state index contributed by atoms with van der Waals surface area (Å²) in [7, 11) is 0. The first-order valence-electron chi connectivity index (χ1n) is 4.46. The van der Waals surface area contributed by atoms with Gasteiger partial charge in [-0.3, -0.25) is 0 Å². The van der Waals surface area contributed by atoms with Crippen molar-refractivity contribution in [2.75, 3.05) is 0 Å². The standard InChI is InChI=1S/C9H21N/c1-4-6-9(5-2)7-8(3)10/h8-9H,4-7,10H2,1-3H3/t8?,9-/m0/s1. The van der Waals surface area contributed by atoms with Gasteiger partial charge in [-0.25, -0.2) is 0 Å². The molecule has 10 heavy (non-hydrogen) atoms. The van der Waals surface area contributed by atoms with Gasteiger partial charge in [-0.2, -0.15) is 0 Å². The third-order valence-corrected chi connectivity index (χ3v) is 1.98. The highest BCUT2D eigenvalue weighted by Crippen LogP contribution is 2.15. The minimum absolute atomic E-state index is 0.386. The maximum Gasteiger partial charge on any atom is 0.00131 e. The predicted molar refractivity (Wildman–Crippen MR) is 47.0 cm³/mol. The molecule has 0 saturated carbocycles. The zero-order valence-corrected chi connectivity index (χ0v) is 7.56. The molecule has 0 aromatic carbocycles. The fourth-order valence-corrected chi connectivity index (χ4v) is 1.42. The maximum absolute atomic E-state index is 5.70. The van der Waals surface area contributed by atoms with E-state index in [1.165, 1.54) is 25.7 Å². The molecule has 0 fully saturated rings. The molecule has 0 aliphatic heterocycles. The Balaban J connectivity index is 3.39. The van der Waals surface area contributed by atoms with E-state index in [9.17, 15) is 0 Å². The molecule has 2 N–H and O–H groups in total. The first-order chi connectivity index (χ1) is 4.70. The second-order valence-corrected chi connectivity index (χ2v) is 3.28. The molecule has 0 saturated heterocycles. The number of hydrogen-bond donors (Lipinski definition) is 1. The highest BCUT2D eigenvalue weighted by Gasteiger charge is 2.06. The lowest BCUT2D eigenvalue weighted by Gasteiger charge is -2.15. The van der Waals surface area contributed by atoms with Gasteiger partial charge in [0.1, 0.15) is 0 Å². The third kappa shape index (κ3) is 4.80. The number of rotatable bonds is 5. The number of hydrogen-bond acceptors (Lipinski definition) is 1. The Morgan fingerprint density at radius 1 is 1.30 bits per heavy atom. The van der Waals surface area contributed by atoms with Gasteiger partial charge in [0.05, 0.1) is 0 Å². The van der Waals surface area contributed by atoms with E-state index < -0.39 is 0 Å². The largest absolute Gasteiger partial charge is 0.328 e. The van der Waals surface area contributed by atoms with Gasteiger partial charge in [0.2, 0.25) is 0 Å². The highest BCUT2D eigenvalue weighted by molar-refractivity contribution is 4.62. The summed E-state index contributed by atoms with van der Waals surface area (Å²) in [5, 5.41) is 0. The topological polar surface area (TPSA) is 26.0 Å². The SMILES string of the molecule is CCC[C@H](CC)CC(C)N. The van der Waals surface area contributed by atoms with E-state index in [2.05, 4.69) is 20.8 Å². The molecule has 1 heteroatoms. The minimum atomic E-state index is 0.386. The predicted octanol–water partition coefficient (Wildman–Crippen LogP) is 2.55. The van der Waals surface area contributed by atoms with E-state index in [4.69, 9.17) is 5.73 Å². The molecule has 1 nitrogen and oxygen atoms in total. The lowest BCUT2D eigenvalue weighted by molar-refractivity contribution is 0.402. The zero-order valence-electron chi connectivity index (χ0n) is 7.56. The first kappa shape index (κ1) is 9.96. The van der Waals surface area contributed by atoms with Crippen LogP contribution in [-0.4, -0.2) is 6.04 Å². The van der Waals surface area contributed by atoms with Crippen LogP contribution in [0.4, 0.5) is 0 Å². The van der Waals surface area contributed by atoms with Crippen LogP contribution in [0.15, 0.2) is 0 Å². The summed E-state index contributed by atoms with van der Waals surface area (Å²) in [6.07, 6.45) is 5.13. The van der Waals surface area contributed by atoms with Crippen LogP contribution in [0.5, 0.6) is 0 Å². The summed E-state index contributed by atoms with van der Waals surface area (Å²) in [6.45, 7) is 6.59. The normalized spacial score (nSPS) is 16.8. The van der Waals surface area contributed by atoms with Gasteiger partial charge in [-0.15, -0.1) is 0 Å². The molecule has 0 aliphatic rings. The highest BCUT2D eigenvalue weighted by atomic mass is 14.6. The van der Waals surface area contributed by atoms with Crippen molar-refractivity contribution in [2.24, 2.45) is 11.7 Å². The Morgan fingerprint density at radius 3 is 2.20 bits per heavy atom. The van der Waals surface area contributed by atoms with Crippen molar-refractivity contribution in [1.29, 1.82) is 0 Å². The van der Waals surface area contributed by atoms with Crippen LogP contribution >= 0.6 is 0 Å². The van der Waals surface area contributed by atoms with Crippen molar-refractivity contribution in [2.45, 2.75) is 52.5 Å².